The molecule has 8 heavy (non-hydrogen) atoms. The van der Waals surface area contributed by atoms with Crippen molar-refractivity contribution in [2.75, 3.05) is 5.88 Å². The second-order valence-electron chi connectivity index (χ2n) is 2.66. The van der Waals surface area contributed by atoms with Crippen LogP contribution in [0.5, 0.6) is 0 Å². The molecule has 0 amide bonds. The van der Waals surface area contributed by atoms with Crippen LogP contribution in [0.3, 0.4) is 0 Å². The summed E-state index contributed by atoms with van der Waals surface area (Å²) >= 11 is 5.70. The average molecular weight is 133 g/mol. The minimum Gasteiger partial charge on any atom is -0.126 e. The second kappa shape index (κ2) is 2.72. The fourth-order valence-electron chi connectivity index (χ4n) is 1.14. The average Bonchev–Trinajstić information content (AvgIpc) is 2.53. The minimum atomic E-state index is 0.830. The molecule has 1 atom stereocenters. The van der Waals surface area contributed by atoms with E-state index >= 15 is 0 Å². The van der Waals surface area contributed by atoms with E-state index in [0.717, 1.165) is 17.7 Å². The van der Waals surface area contributed by atoms with Gasteiger partial charge in [-0.3, -0.25) is 0 Å². The monoisotopic (exact) mass is 132 g/mol. The van der Waals surface area contributed by atoms with Crippen LogP contribution >= 0.6 is 11.6 Å². The van der Waals surface area contributed by atoms with E-state index in [9.17, 15) is 0 Å². The third kappa shape index (κ3) is 1.38. The van der Waals surface area contributed by atoms with Crippen LogP contribution in [0.2, 0.25) is 0 Å². The molecule has 0 saturated heterocycles. The lowest BCUT2D eigenvalue weighted by Crippen LogP contribution is -2.01. The molecule has 48 valence electrons. The minimum absolute atomic E-state index is 0.830. The van der Waals surface area contributed by atoms with Gasteiger partial charge >= 0.3 is 0 Å². The van der Waals surface area contributed by atoms with Gasteiger partial charge in [-0.15, -0.1) is 11.6 Å². The highest BCUT2D eigenvalue weighted by Crippen LogP contribution is 2.38. The van der Waals surface area contributed by atoms with Crippen molar-refractivity contribution in [3.8, 4) is 0 Å². The van der Waals surface area contributed by atoms with Gasteiger partial charge in [0.2, 0.25) is 0 Å². The Labute approximate surface area is 56.2 Å². The molecule has 0 aromatic rings. The normalized spacial score (nSPS) is 23.2. The number of hydrogen-bond acceptors (Lipinski definition) is 0. The van der Waals surface area contributed by atoms with Crippen LogP contribution in [0.25, 0.3) is 0 Å². The van der Waals surface area contributed by atoms with Crippen molar-refractivity contribution >= 4 is 11.6 Å². The van der Waals surface area contributed by atoms with Crippen LogP contribution < -0.4 is 0 Å². The van der Waals surface area contributed by atoms with Crippen molar-refractivity contribution in [3.63, 3.8) is 0 Å². The summed E-state index contributed by atoms with van der Waals surface area (Å²) in [5.41, 5.74) is 0. The summed E-state index contributed by atoms with van der Waals surface area (Å²) in [5.74, 6) is 2.70. The van der Waals surface area contributed by atoms with Crippen molar-refractivity contribution in [3.05, 3.63) is 0 Å². The van der Waals surface area contributed by atoms with E-state index in [0.29, 0.717) is 0 Å². The van der Waals surface area contributed by atoms with Gasteiger partial charge in [-0.2, -0.15) is 0 Å². The summed E-state index contributed by atoms with van der Waals surface area (Å²) < 4.78 is 0. The molecule has 0 radical (unpaired) electrons. The number of alkyl halides is 1. The lowest BCUT2D eigenvalue weighted by Gasteiger charge is -2.06. The van der Waals surface area contributed by atoms with E-state index in [1.165, 1.54) is 19.3 Å². The van der Waals surface area contributed by atoms with Crippen LogP contribution in [0, 0.1) is 11.8 Å². The maximum Gasteiger partial charge on any atom is 0.0254 e. The van der Waals surface area contributed by atoms with E-state index in [-0.39, 0.29) is 0 Å². The molecule has 1 saturated carbocycles. The number of halogens is 1. The van der Waals surface area contributed by atoms with Gasteiger partial charge < -0.3 is 0 Å². The first-order valence-corrected chi connectivity index (χ1v) is 3.98. The lowest BCUT2D eigenvalue weighted by molar-refractivity contribution is 0.499. The molecular formula is C7H13Cl. The molecule has 0 bridgehead atoms. The van der Waals surface area contributed by atoms with E-state index in [4.69, 9.17) is 11.6 Å². The third-order valence-electron chi connectivity index (χ3n) is 2.01. The fraction of sp³-hybridized carbons (Fsp3) is 1.00. The van der Waals surface area contributed by atoms with E-state index in [1.807, 2.05) is 0 Å². The molecule has 0 aromatic carbocycles. The Morgan fingerprint density at radius 2 is 2.25 bits per heavy atom. The SMILES string of the molecule is CCC(CCl)C1CC1. The number of hydrogen-bond donors (Lipinski definition) is 0. The van der Waals surface area contributed by atoms with Gasteiger partial charge in [0.05, 0.1) is 0 Å². The van der Waals surface area contributed by atoms with Crippen molar-refractivity contribution in [2.45, 2.75) is 26.2 Å². The van der Waals surface area contributed by atoms with Crippen molar-refractivity contribution in [1.29, 1.82) is 0 Å². The predicted octanol–water partition coefficient (Wildman–Crippen LogP) is 2.66. The predicted molar refractivity (Wildman–Crippen MR) is 37.2 cm³/mol. The molecule has 1 unspecified atom stereocenters. The van der Waals surface area contributed by atoms with Gasteiger partial charge in [0, 0.05) is 5.88 Å². The summed E-state index contributed by atoms with van der Waals surface area (Å²) in [6.07, 6.45) is 4.14. The fourth-order valence-corrected chi connectivity index (χ4v) is 1.61. The van der Waals surface area contributed by atoms with Gasteiger partial charge in [0.25, 0.3) is 0 Å². The molecule has 0 heterocycles. The maximum absolute atomic E-state index is 5.70. The van der Waals surface area contributed by atoms with Crippen molar-refractivity contribution in [1.82, 2.24) is 0 Å². The summed E-state index contributed by atoms with van der Waals surface area (Å²) in [7, 11) is 0. The summed E-state index contributed by atoms with van der Waals surface area (Å²) in [6, 6.07) is 0. The molecular weight excluding hydrogens is 120 g/mol. The molecule has 1 fully saturated rings. The molecule has 1 aliphatic carbocycles. The summed E-state index contributed by atoms with van der Waals surface area (Å²) in [6.45, 7) is 2.23. The molecule has 0 aliphatic heterocycles. The Balaban J connectivity index is 2.15. The van der Waals surface area contributed by atoms with E-state index < -0.39 is 0 Å². The smallest absolute Gasteiger partial charge is 0.0254 e. The Kier molecular flexibility index (Phi) is 2.18. The molecule has 0 spiro atoms. The highest BCUT2D eigenvalue weighted by molar-refractivity contribution is 6.18. The zero-order valence-electron chi connectivity index (χ0n) is 5.36. The Hall–Kier alpha value is 0.290. The van der Waals surface area contributed by atoms with Crippen LogP contribution in [0.1, 0.15) is 26.2 Å². The third-order valence-corrected chi connectivity index (χ3v) is 2.41. The first-order chi connectivity index (χ1) is 3.88. The zero-order chi connectivity index (χ0) is 5.98. The molecule has 1 heteroatoms. The van der Waals surface area contributed by atoms with Gasteiger partial charge in [-0.05, 0) is 24.7 Å². The first-order valence-electron chi connectivity index (χ1n) is 3.44. The largest absolute Gasteiger partial charge is 0.126 e. The Morgan fingerprint density at radius 1 is 1.62 bits per heavy atom. The van der Waals surface area contributed by atoms with Crippen LogP contribution in [0.4, 0.5) is 0 Å². The maximum atomic E-state index is 5.70. The molecule has 0 aromatic heterocycles. The summed E-state index contributed by atoms with van der Waals surface area (Å²) in [4.78, 5) is 0. The Morgan fingerprint density at radius 3 is 2.38 bits per heavy atom. The van der Waals surface area contributed by atoms with E-state index in [1.54, 1.807) is 0 Å². The van der Waals surface area contributed by atoms with Crippen LogP contribution in [-0.4, -0.2) is 5.88 Å². The van der Waals surface area contributed by atoms with Crippen molar-refractivity contribution < 1.29 is 0 Å². The quantitative estimate of drug-likeness (QED) is 0.518. The zero-order valence-corrected chi connectivity index (χ0v) is 6.12. The topological polar surface area (TPSA) is 0 Å². The van der Waals surface area contributed by atoms with Gasteiger partial charge in [0.15, 0.2) is 0 Å². The highest BCUT2D eigenvalue weighted by atomic mass is 35.5. The van der Waals surface area contributed by atoms with Crippen LogP contribution in [0.15, 0.2) is 0 Å². The first kappa shape index (κ1) is 6.41. The summed E-state index contributed by atoms with van der Waals surface area (Å²) in [5, 5.41) is 0. The molecule has 1 aliphatic rings. The van der Waals surface area contributed by atoms with Gasteiger partial charge in [-0.25, -0.2) is 0 Å². The standard InChI is InChI=1S/C7H13Cl/c1-2-6(5-8)7-3-4-7/h6-7H,2-5H2,1H3. The Bertz CT molecular complexity index is 62.8. The molecule has 0 N–H and O–H groups in total. The number of rotatable bonds is 3. The molecule has 1 rings (SSSR count). The molecule has 0 nitrogen and oxygen atoms in total. The van der Waals surface area contributed by atoms with Gasteiger partial charge in [-0.1, -0.05) is 13.3 Å². The van der Waals surface area contributed by atoms with E-state index in [2.05, 4.69) is 6.92 Å². The second-order valence-corrected chi connectivity index (χ2v) is 2.97. The lowest BCUT2D eigenvalue weighted by atomic mass is 10.0. The van der Waals surface area contributed by atoms with Crippen LogP contribution in [-0.2, 0) is 0 Å². The highest BCUT2D eigenvalue weighted by Gasteiger charge is 2.28. The van der Waals surface area contributed by atoms with Crippen molar-refractivity contribution in [2.24, 2.45) is 11.8 Å². The van der Waals surface area contributed by atoms with Gasteiger partial charge in [0.1, 0.15) is 0 Å².